The van der Waals surface area contributed by atoms with Crippen LogP contribution in [0.5, 0.6) is 5.75 Å². The van der Waals surface area contributed by atoms with E-state index in [1.54, 1.807) is 24.3 Å². The number of carbonyl (C=O) groups is 1. The van der Waals surface area contributed by atoms with Gasteiger partial charge in [-0.25, -0.2) is 0 Å². The fourth-order valence-electron chi connectivity index (χ4n) is 2.48. The topological polar surface area (TPSA) is 96.0 Å². The minimum absolute atomic E-state index is 0.0543. The maximum absolute atomic E-state index is 12.8. The number of nitrogens with two attached hydrogens (primary N) is 1. The number of fused-ring (bicyclic) bond motifs is 1. The van der Waals surface area contributed by atoms with Crippen molar-refractivity contribution in [3.63, 3.8) is 0 Å². The van der Waals surface area contributed by atoms with Crippen molar-refractivity contribution in [1.82, 2.24) is 0 Å². The lowest BCUT2D eigenvalue weighted by Crippen LogP contribution is -2.43. The van der Waals surface area contributed by atoms with Gasteiger partial charge in [0, 0.05) is 5.69 Å². The standard InChI is InChI=1S/C18H18N2O4/c19-13-6-7-16-15(9-13)20(10-14(22)11-21)18(23)17(24-16)8-12-4-2-1-3-5-12/h1-9,14,21-22H,10-11,19H2/b17-8+. The number of ether oxygens (including phenoxy) is 1. The lowest BCUT2D eigenvalue weighted by atomic mass is 10.1. The third-order valence-corrected chi connectivity index (χ3v) is 3.65. The van der Waals surface area contributed by atoms with E-state index in [2.05, 4.69) is 0 Å². The van der Waals surface area contributed by atoms with Gasteiger partial charge >= 0.3 is 0 Å². The Morgan fingerprint density at radius 2 is 1.96 bits per heavy atom. The molecule has 0 saturated carbocycles. The summed E-state index contributed by atoms with van der Waals surface area (Å²) in [6.45, 7) is -0.499. The summed E-state index contributed by atoms with van der Waals surface area (Å²) in [5.41, 5.74) is 7.56. The Balaban J connectivity index is 2.02. The van der Waals surface area contributed by atoms with Gasteiger partial charge in [0.1, 0.15) is 0 Å². The molecule has 1 atom stereocenters. The average molecular weight is 326 g/mol. The smallest absolute Gasteiger partial charge is 0.294 e. The quantitative estimate of drug-likeness (QED) is 0.583. The number of β-amino-alcohol motifs (C(OH)–C–C–N with tert-alkyl or cyclic N) is 1. The largest absolute Gasteiger partial charge is 0.449 e. The molecule has 6 heteroatoms. The SMILES string of the molecule is Nc1ccc2c(c1)N(CC(O)CO)C(=O)/C(=C\c1ccccc1)O2. The number of anilines is 2. The maximum Gasteiger partial charge on any atom is 0.294 e. The van der Waals surface area contributed by atoms with Gasteiger partial charge in [-0.15, -0.1) is 0 Å². The Hall–Kier alpha value is -2.83. The molecule has 24 heavy (non-hydrogen) atoms. The van der Waals surface area contributed by atoms with Crippen molar-refractivity contribution in [2.45, 2.75) is 6.10 Å². The van der Waals surface area contributed by atoms with Crippen molar-refractivity contribution in [2.75, 3.05) is 23.8 Å². The summed E-state index contributed by atoms with van der Waals surface area (Å²) < 4.78 is 5.72. The zero-order valence-corrected chi connectivity index (χ0v) is 12.9. The second-order valence-corrected chi connectivity index (χ2v) is 5.50. The number of benzene rings is 2. The predicted octanol–water partition coefficient (Wildman–Crippen LogP) is 1.39. The monoisotopic (exact) mass is 326 g/mol. The van der Waals surface area contributed by atoms with Crippen molar-refractivity contribution < 1.29 is 19.7 Å². The van der Waals surface area contributed by atoms with Crippen LogP contribution in [0.2, 0.25) is 0 Å². The second kappa shape index (κ2) is 6.74. The highest BCUT2D eigenvalue weighted by Gasteiger charge is 2.31. The molecule has 0 radical (unpaired) electrons. The van der Waals surface area contributed by atoms with Crippen LogP contribution in [-0.4, -0.2) is 35.4 Å². The molecule has 3 rings (SSSR count). The fraction of sp³-hybridized carbons (Fsp3) is 0.167. The third kappa shape index (κ3) is 3.24. The zero-order chi connectivity index (χ0) is 17.1. The molecular formula is C18H18N2O4. The van der Waals surface area contributed by atoms with Gasteiger partial charge in [-0.1, -0.05) is 30.3 Å². The van der Waals surface area contributed by atoms with Gasteiger partial charge in [-0.2, -0.15) is 0 Å². The first-order chi connectivity index (χ1) is 11.6. The highest BCUT2D eigenvalue weighted by molar-refractivity contribution is 6.10. The Morgan fingerprint density at radius 3 is 2.67 bits per heavy atom. The van der Waals surface area contributed by atoms with Crippen LogP contribution in [-0.2, 0) is 4.79 Å². The van der Waals surface area contributed by atoms with Gasteiger partial charge in [0.15, 0.2) is 11.5 Å². The number of carbonyl (C=O) groups excluding carboxylic acids is 1. The number of aliphatic hydroxyl groups excluding tert-OH is 2. The number of rotatable bonds is 4. The second-order valence-electron chi connectivity index (χ2n) is 5.50. The van der Waals surface area contributed by atoms with Crippen LogP contribution in [0.15, 0.2) is 54.3 Å². The van der Waals surface area contributed by atoms with E-state index in [-0.39, 0.29) is 12.3 Å². The Morgan fingerprint density at radius 1 is 1.21 bits per heavy atom. The summed E-state index contributed by atoms with van der Waals surface area (Å²) in [5.74, 6) is 0.212. The maximum atomic E-state index is 12.8. The molecule has 124 valence electrons. The summed E-state index contributed by atoms with van der Waals surface area (Å²) in [6, 6.07) is 14.3. The molecule has 0 saturated heterocycles. The number of amides is 1. The summed E-state index contributed by atoms with van der Waals surface area (Å²) in [6.07, 6.45) is 0.583. The van der Waals surface area contributed by atoms with E-state index in [0.29, 0.717) is 17.1 Å². The van der Waals surface area contributed by atoms with E-state index in [1.165, 1.54) is 4.90 Å². The molecule has 0 aromatic heterocycles. The van der Waals surface area contributed by atoms with Gasteiger partial charge in [-0.05, 0) is 29.8 Å². The van der Waals surface area contributed by atoms with Gasteiger partial charge in [0.05, 0.1) is 24.9 Å². The van der Waals surface area contributed by atoms with Crippen LogP contribution in [0.3, 0.4) is 0 Å². The lowest BCUT2D eigenvalue weighted by molar-refractivity contribution is -0.118. The molecule has 0 bridgehead atoms. The van der Waals surface area contributed by atoms with E-state index >= 15 is 0 Å². The molecule has 4 N–H and O–H groups in total. The predicted molar refractivity (Wildman–Crippen MR) is 91.3 cm³/mol. The van der Waals surface area contributed by atoms with Gasteiger partial charge in [0.2, 0.25) is 0 Å². The van der Waals surface area contributed by atoms with Crippen molar-refractivity contribution in [3.8, 4) is 5.75 Å². The van der Waals surface area contributed by atoms with E-state index in [4.69, 9.17) is 15.6 Å². The lowest BCUT2D eigenvalue weighted by Gasteiger charge is -2.31. The molecule has 6 nitrogen and oxygen atoms in total. The highest BCUT2D eigenvalue weighted by atomic mass is 16.5. The molecule has 0 spiro atoms. The summed E-state index contributed by atoms with van der Waals surface area (Å²) in [4.78, 5) is 14.1. The van der Waals surface area contributed by atoms with E-state index < -0.39 is 18.6 Å². The molecule has 0 aliphatic carbocycles. The molecule has 1 unspecified atom stereocenters. The van der Waals surface area contributed by atoms with Crippen molar-refractivity contribution in [1.29, 1.82) is 0 Å². The van der Waals surface area contributed by atoms with Crippen LogP contribution < -0.4 is 15.4 Å². The number of aliphatic hydroxyl groups is 2. The van der Waals surface area contributed by atoms with E-state index in [9.17, 15) is 9.90 Å². The third-order valence-electron chi connectivity index (χ3n) is 3.65. The zero-order valence-electron chi connectivity index (χ0n) is 12.9. The van der Waals surface area contributed by atoms with Crippen LogP contribution in [0, 0.1) is 0 Å². The van der Waals surface area contributed by atoms with Crippen molar-refractivity contribution in [3.05, 3.63) is 59.9 Å². The first kappa shape index (κ1) is 16.0. The van der Waals surface area contributed by atoms with Crippen LogP contribution in [0.25, 0.3) is 6.08 Å². The molecule has 1 amide bonds. The number of nitrogen functional groups attached to an aromatic ring is 1. The normalized spacial score (nSPS) is 16.7. The number of hydrogen-bond donors (Lipinski definition) is 3. The Bertz CT molecular complexity index is 774. The van der Waals surface area contributed by atoms with Crippen molar-refractivity contribution >= 4 is 23.4 Å². The molecule has 1 aliphatic heterocycles. The van der Waals surface area contributed by atoms with E-state index in [0.717, 1.165) is 5.56 Å². The van der Waals surface area contributed by atoms with Crippen LogP contribution in [0.1, 0.15) is 5.56 Å². The molecular weight excluding hydrogens is 308 g/mol. The van der Waals surface area contributed by atoms with Gasteiger partial charge in [-0.3, -0.25) is 9.69 Å². The van der Waals surface area contributed by atoms with Gasteiger partial charge < -0.3 is 20.7 Å². The van der Waals surface area contributed by atoms with Gasteiger partial charge in [0.25, 0.3) is 5.91 Å². The van der Waals surface area contributed by atoms with E-state index in [1.807, 2.05) is 30.3 Å². The summed E-state index contributed by atoms with van der Waals surface area (Å²) in [5, 5.41) is 18.9. The molecule has 2 aromatic carbocycles. The fourth-order valence-corrected chi connectivity index (χ4v) is 2.48. The van der Waals surface area contributed by atoms with Crippen LogP contribution in [0.4, 0.5) is 11.4 Å². The first-order valence-corrected chi connectivity index (χ1v) is 7.53. The Labute approximate surface area is 139 Å². The first-order valence-electron chi connectivity index (χ1n) is 7.53. The summed E-state index contributed by atoms with van der Waals surface area (Å²) >= 11 is 0. The molecule has 1 aliphatic rings. The molecule has 1 heterocycles. The summed E-state index contributed by atoms with van der Waals surface area (Å²) in [7, 11) is 0. The average Bonchev–Trinajstić information content (AvgIpc) is 2.59. The van der Waals surface area contributed by atoms with Crippen molar-refractivity contribution in [2.24, 2.45) is 0 Å². The Kier molecular flexibility index (Phi) is 4.50. The number of hydrogen-bond acceptors (Lipinski definition) is 5. The van der Waals surface area contributed by atoms with Crippen LogP contribution >= 0.6 is 0 Å². The molecule has 0 fully saturated rings. The molecule has 2 aromatic rings. The highest BCUT2D eigenvalue weighted by Crippen LogP contribution is 2.37. The minimum atomic E-state index is -1.06. The minimum Gasteiger partial charge on any atom is -0.449 e. The number of nitrogens with zero attached hydrogens (tertiary/aromatic N) is 1.